The molecular weight excluding hydrogens is 321 g/mol. The van der Waals surface area contributed by atoms with Gasteiger partial charge in [-0.15, -0.1) is 3.89 Å². The monoisotopic (exact) mass is 338 g/mol. The minimum absolute atomic E-state index is 0.0194. The zero-order chi connectivity index (χ0) is 16.8. The lowest BCUT2D eigenvalue weighted by Gasteiger charge is -2.32. The van der Waals surface area contributed by atoms with E-state index < -0.39 is 18.3 Å². The smallest absolute Gasteiger partial charge is 0.399 e. The van der Waals surface area contributed by atoms with Crippen molar-refractivity contribution in [3.8, 4) is 11.3 Å². The fraction of sp³-hybridized carbons (Fsp3) is 0.400. The van der Waals surface area contributed by atoms with Gasteiger partial charge in [-0.3, -0.25) is 0 Å². The van der Waals surface area contributed by atoms with Crippen molar-refractivity contribution in [2.45, 2.75) is 38.9 Å². The predicted octanol–water partition coefficient (Wildman–Crippen LogP) is 3.37. The second kappa shape index (κ2) is 5.61. The maximum Gasteiger partial charge on any atom is 0.498 e. The summed E-state index contributed by atoms with van der Waals surface area (Å²) in [5.74, 6) is -0.342. The zero-order valence-corrected chi connectivity index (χ0v) is 14.2. The van der Waals surface area contributed by atoms with Gasteiger partial charge in [-0.25, -0.2) is 4.39 Å². The van der Waals surface area contributed by atoms with E-state index in [4.69, 9.17) is 9.31 Å². The molecule has 0 bridgehead atoms. The average Bonchev–Trinajstić information content (AvgIpc) is 2.99. The molecule has 2 aromatic rings. The lowest BCUT2D eigenvalue weighted by atomic mass is 9.78. The number of rotatable bonds is 3. The fourth-order valence-electron chi connectivity index (χ4n) is 2.38. The van der Waals surface area contributed by atoms with Crippen LogP contribution in [0.1, 0.15) is 27.7 Å². The summed E-state index contributed by atoms with van der Waals surface area (Å²) in [6, 6.07) is 5.87. The molecule has 1 fully saturated rings. The summed E-state index contributed by atoms with van der Waals surface area (Å²) in [6.07, 6.45) is 1.53. The first kappa shape index (κ1) is 16.5. The van der Waals surface area contributed by atoms with Crippen LogP contribution in [0, 0.1) is 5.82 Å². The van der Waals surface area contributed by atoms with E-state index in [9.17, 15) is 8.28 Å². The summed E-state index contributed by atoms with van der Waals surface area (Å²) in [4.78, 5) is 0. The van der Waals surface area contributed by atoms with E-state index in [1.54, 1.807) is 12.1 Å². The van der Waals surface area contributed by atoms with Gasteiger partial charge in [0.25, 0.3) is 0 Å². The van der Waals surface area contributed by atoms with Crippen molar-refractivity contribution in [1.82, 2.24) is 9.19 Å². The molecule has 2 heterocycles. The summed E-state index contributed by atoms with van der Waals surface area (Å²) >= 11 is -0.0194. The van der Waals surface area contributed by atoms with Gasteiger partial charge in [-0.2, -0.15) is 9.19 Å². The van der Waals surface area contributed by atoms with Crippen LogP contribution in [0.25, 0.3) is 11.3 Å². The van der Waals surface area contributed by atoms with Crippen molar-refractivity contribution in [2.24, 2.45) is 0 Å². The third-order valence-corrected chi connectivity index (χ3v) is 4.75. The first-order valence-electron chi connectivity index (χ1n) is 7.24. The Bertz CT molecular complexity index is 703. The summed E-state index contributed by atoms with van der Waals surface area (Å²) in [7, 11) is -0.666. The maximum atomic E-state index is 13.1. The van der Waals surface area contributed by atoms with Crippen LogP contribution in [0.4, 0.5) is 8.28 Å². The van der Waals surface area contributed by atoms with Crippen molar-refractivity contribution >= 4 is 24.9 Å². The van der Waals surface area contributed by atoms with Crippen LogP contribution >= 0.6 is 12.3 Å². The van der Waals surface area contributed by atoms with E-state index in [-0.39, 0.29) is 18.2 Å². The zero-order valence-electron chi connectivity index (χ0n) is 13.3. The highest BCUT2D eigenvalue weighted by Gasteiger charge is 2.52. The van der Waals surface area contributed by atoms with Gasteiger partial charge in [0, 0.05) is 17.2 Å². The number of hydrogen-bond donors (Lipinski definition) is 0. The summed E-state index contributed by atoms with van der Waals surface area (Å²) in [5, 5.41) is 4.19. The topological polar surface area (TPSA) is 36.3 Å². The molecule has 0 spiro atoms. The molecular formula is C15H17BF2N2O2S. The highest BCUT2D eigenvalue weighted by atomic mass is 32.2. The fourth-order valence-corrected chi connectivity index (χ4v) is 2.64. The van der Waals surface area contributed by atoms with E-state index >= 15 is 0 Å². The Morgan fingerprint density at radius 3 is 2.17 bits per heavy atom. The molecule has 8 heteroatoms. The van der Waals surface area contributed by atoms with Crippen LogP contribution in [0.2, 0.25) is 0 Å². The molecule has 3 rings (SSSR count). The highest BCUT2D eigenvalue weighted by Crippen LogP contribution is 2.37. The van der Waals surface area contributed by atoms with Crippen LogP contribution in [0.15, 0.2) is 30.5 Å². The van der Waals surface area contributed by atoms with Crippen LogP contribution in [-0.4, -0.2) is 27.5 Å². The minimum Gasteiger partial charge on any atom is -0.399 e. The Balaban J connectivity index is 2.03. The third kappa shape index (κ3) is 2.91. The molecule has 0 radical (unpaired) electrons. The molecule has 1 aromatic heterocycles. The van der Waals surface area contributed by atoms with Gasteiger partial charge in [-0.05, 0) is 52.0 Å². The van der Waals surface area contributed by atoms with Gasteiger partial charge >= 0.3 is 7.12 Å². The van der Waals surface area contributed by atoms with E-state index in [1.165, 1.54) is 18.3 Å². The Kier molecular flexibility index (Phi) is 4.02. The van der Waals surface area contributed by atoms with Gasteiger partial charge in [0.05, 0.1) is 16.9 Å². The standard InChI is InChI=1S/C15H17BF2N2O2S/c1-14(2)15(3,4)22-16(21-14)12-9-20(23-18)19-13(12)10-5-7-11(17)8-6-10/h5-9H,1-4H3. The molecule has 1 aliphatic rings. The first-order chi connectivity index (χ1) is 10.7. The molecule has 23 heavy (non-hydrogen) atoms. The van der Waals surface area contributed by atoms with Crippen molar-refractivity contribution < 1.29 is 17.6 Å². The Morgan fingerprint density at radius 2 is 1.65 bits per heavy atom. The van der Waals surface area contributed by atoms with Gasteiger partial charge < -0.3 is 9.31 Å². The number of nitrogens with zero attached hydrogens (tertiary/aromatic N) is 2. The van der Waals surface area contributed by atoms with E-state index in [0.717, 1.165) is 4.09 Å². The Hall–Kier alpha value is -1.38. The number of benzene rings is 1. The summed E-state index contributed by atoms with van der Waals surface area (Å²) < 4.78 is 39.2. The van der Waals surface area contributed by atoms with Crippen LogP contribution in [0.3, 0.4) is 0 Å². The molecule has 0 unspecified atom stereocenters. The summed E-state index contributed by atoms with van der Waals surface area (Å²) in [5.41, 5.74) is 0.767. The molecule has 1 aliphatic heterocycles. The molecule has 0 saturated carbocycles. The van der Waals surface area contributed by atoms with Crippen molar-refractivity contribution in [3.05, 3.63) is 36.3 Å². The SMILES string of the molecule is CC1(C)OB(c2cn(SF)nc2-c2ccc(F)cc2)OC1(C)C. The van der Waals surface area contributed by atoms with Crippen LogP contribution < -0.4 is 5.46 Å². The molecule has 0 aliphatic carbocycles. The van der Waals surface area contributed by atoms with Crippen LogP contribution in [-0.2, 0) is 9.31 Å². The lowest BCUT2D eigenvalue weighted by molar-refractivity contribution is 0.00578. The molecule has 122 valence electrons. The largest absolute Gasteiger partial charge is 0.498 e. The molecule has 4 nitrogen and oxygen atoms in total. The van der Waals surface area contributed by atoms with E-state index in [0.29, 0.717) is 16.7 Å². The number of hydrogen-bond acceptors (Lipinski definition) is 4. The van der Waals surface area contributed by atoms with Gasteiger partial charge in [-0.1, -0.05) is 0 Å². The van der Waals surface area contributed by atoms with E-state index in [2.05, 4.69) is 5.10 Å². The molecule has 1 saturated heterocycles. The quantitative estimate of drug-likeness (QED) is 0.804. The van der Waals surface area contributed by atoms with Gasteiger partial charge in [0.1, 0.15) is 5.82 Å². The lowest BCUT2D eigenvalue weighted by Crippen LogP contribution is -2.41. The van der Waals surface area contributed by atoms with Gasteiger partial charge in [0.15, 0.2) is 12.3 Å². The first-order valence-corrected chi connectivity index (χ1v) is 7.91. The maximum absolute atomic E-state index is 13.1. The summed E-state index contributed by atoms with van der Waals surface area (Å²) in [6.45, 7) is 7.77. The second-order valence-corrected chi connectivity index (χ2v) is 7.01. The molecule has 0 atom stereocenters. The highest BCUT2D eigenvalue weighted by molar-refractivity contribution is 7.92. The molecule has 0 N–H and O–H groups in total. The average molecular weight is 338 g/mol. The van der Waals surface area contributed by atoms with Gasteiger partial charge in [0.2, 0.25) is 0 Å². The van der Waals surface area contributed by atoms with E-state index in [1.807, 2.05) is 27.7 Å². The number of aromatic nitrogens is 2. The molecule has 1 aromatic carbocycles. The minimum atomic E-state index is -0.666. The Morgan fingerprint density at radius 1 is 1.09 bits per heavy atom. The molecule has 0 amide bonds. The number of halogens is 2. The van der Waals surface area contributed by atoms with Crippen LogP contribution in [0.5, 0.6) is 0 Å². The van der Waals surface area contributed by atoms with Crippen molar-refractivity contribution in [1.29, 1.82) is 0 Å². The predicted molar refractivity (Wildman–Crippen MR) is 87.4 cm³/mol. The van der Waals surface area contributed by atoms with Crippen molar-refractivity contribution in [2.75, 3.05) is 0 Å². The van der Waals surface area contributed by atoms with Crippen molar-refractivity contribution in [3.63, 3.8) is 0 Å². The normalized spacial score (nSPS) is 19.3. The second-order valence-electron chi connectivity index (χ2n) is 6.50. The third-order valence-electron chi connectivity index (χ3n) is 4.42. The Labute approximate surface area is 138 Å².